The Morgan fingerprint density at radius 1 is 1.04 bits per heavy atom. The molecule has 0 saturated carbocycles. The van der Waals surface area contributed by atoms with Crippen molar-refractivity contribution in [1.29, 1.82) is 0 Å². The maximum Gasteiger partial charge on any atom is 0.274 e. The predicted molar refractivity (Wildman–Crippen MR) is 95.5 cm³/mol. The number of aryl methyl sites for hydroxylation is 2. The first-order valence-corrected chi connectivity index (χ1v) is 7.87. The quantitative estimate of drug-likeness (QED) is 0.730. The predicted octanol–water partition coefficient (Wildman–Crippen LogP) is 4.37. The average Bonchev–Trinajstić information content (AvgIpc) is 2.62. The minimum absolute atomic E-state index is 0.0696. The average molecular weight is 354 g/mol. The highest BCUT2D eigenvalue weighted by molar-refractivity contribution is 6.03. The highest BCUT2D eigenvalue weighted by Crippen LogP contribution is 2.21. The monoisotopic (exact) mass is 354 g/mol. The van der Waals surface area contributed by atoms with E-state index < -0.39 is 17.5 Å². The zero-order valence-electron chi connectivity index (χ0n) is 14.2. The van der Waals surface area contributed by atoms with Crippen LogP contribution < -0.4 is 10.6 Å². The summed E-state index contributed by atoms with van der Waals surface area (Å²) in [5.41, 5.74) is 2.28. The van der Waals surface area contributed by atoms with Crippen LogP contribution >= 0.6 is 0 Å². The molecule has 2 N–H and O–H groups in total. The summed E-state index contributed by atoms with van der Waals surface area (Å²) in [6.07, 6.45) is 1.34. The van der Waals surface area contributed by atoms with Gasteiger partial charge in [0.25, 0.3) is 5.91 Å². The third-order valence-electron chi connectivity index (χ3n) is 3.73. The number of para-hydroxylation sites is 1. The number of benzene rings is 2. The lowest BCUT2D eigenvalue weighted by atomic mass is 10.1. The standard InChI is InChI=1S/C19H16F2N4O/c1-11-6-7-12(2)16(10-11)23-18(26)15-8-9-22-19(24-15)25-17-13(20)4-3-5-14(17)21/h3-10H,1-2H3,(H,23,26)(H,22,24,25). The minimum Gasteiger partial charge on any atom is -0.320 e. The van der Waals surface area contributed by atoms with Crippen LogP contribution in [0.4, 0.5) is 26.1 Å². The number of hydrogen-bond acceptors (Lipinski definition) is 4. The largest absolute Gasteiger partial charge is 0.320 e. The maximum atomic E-state index is 13.7. The van der Waals surface area contributed by atoms with E-state index >= 15 is 0 Å². The number of carbonyl (C=O) groups excluding carboxylic acids is 1. The topological polar surface area (TPSA) is 66.9 Å². The fourth-order valence-corrected chi connectivity index (χ4v) is 2.33. The van der Waals surface area contributed by atoms with Crippen LogP contribution in [-0.2, 0) is 0 Å². The highest BCUT2D eigenvalue weighted by Gasteiger charge is 2.13. The van der Waals surface area contributed by atoms with Crippen LogP contribution in [0.3, 0.4) is 0 Å². The first kappa shape index (κ1) is 17.5. The van der Waals surface area contributed by atoms with Gasteiger partial charge in [-0.3, -0.25) is 4.79 Å². The van der Waals surface area contributed by atoms with Crippen LogP contribution in [0.15, 0.2) is 48.7 Å². The molecule has 1 aromatic heterocycles. The van der Waals surface area contributed by atoms with E-state index in [-0.39, 0.29) is 17.3 Å². The number of carbonyl (C=O) groups is 1. The van der Waals surface area contributed by atoms with Gasteiger partial charge in [-0.2, -0.15) is 0 Å². The Bertz CT molecular complexity index is 955. The van der Waals surface area contributed by atoms with Crippen LogP contribution in [0.2, 0.25) is 0 Å². The lowest BCUT2D eigenvalue weighted by Crippen LogP contribution is -2.15. The van der Waals surface area contributed by atoms with Gasteiger partial charge in [-0.25, -0.2) is 18.7 Å². The Morgan fingerprint density at radius 3 is 2.50 bits per heavy atom. The summed E-state index contributed by atoms with van der Waals surface area (Å²) >= 11 is 0. The summed E-state index contributed by atoms with van der Waals surface area (Å²) in [4.78, 5) is 20.4. The SMILES string of the molecule is Cc1ccc(C)c(NC(=O)c2ccnc(Nc3c(F)cccc3F)n2)c1. The molecule has 0 saturated heterocycles. The van der Waals surface area contributed by atoms with E-state index in [1.165, 1.54) is 18.3 Å². The third kappa shape index (κ3) is 3.83. The number of nitrogens with zero attached hydrogens (tertiary/aromatic N) is 2. The van der Waals surface area contributed by atoms with Crippen molar-refractivity contribution in [2.24, 2.45) is 0 Å². The number of amides is 1. The molecule has 132 valence electrons. The van der Waals surface area contributed by atoms with E-state index in [2.05, 4.69) is 20.6 Å². The van der Waals surface area contributed by atoms with Crippen molar-refractivity contribution < 1.29 is 13.6 Å². The van der Waals surface area contributed by atoms with Crippen LogP contribution in [0.5, 0.6) is 0 Å². The summed E-state index contributed by atoms with van der Waals surface area (Å²) in [6.45, 7) is 3.80. The highest BCUT2D eigenvalue weighted by atomic mass is 19.1. The fourth-order valence-electron chi connectivity index (χ4n) is 2.33. The van der Waals surface area contributed by atoms with Crippen molar-refractivity contribution in [3.8, 4) is 0 Å². The Hall–Kier alpha value is -3.35. The molecule has 1 amide bonds. The summed E-state index contributed by atoms with van der Waals surface area (Å²) < 4.78 is 27.5. The van der Waals surface area contributed by atoms with Gasteiger partial charge < -0.3 is 10.6 Å². The van der Waals surface area contributed by atoms with Gasteiger partial charge in [0.2, 0.25) is 5.95 Å². The van der Waals surface area contributed by atoms with Crippen molar-refractivity contribution >= 4 is 23.2 Å². The molecular weight excluding hydrogens is 338 g/mol. The van der Waals surface area contributed by atoms with E-state index in [0.29, 0.717) is 5.69 Å². The maximum absolute atomic E-state index is 13.7. The zero-order valence-corrected chi connectivity index (χ0v) is 14.2. The van der Waals surface area contributed by atoms with E-state index in [1.54, 1.807) is 0 Å². The van der Waals surface area contributed by atoms with Gasteiger partial charge in [0.05, 0.1) is 0 Å². The van der Waals surface area contributed by atoms with E-state index in [4.69, 9.17) is 0 Å². The van der Waals surface area contributed by atoms with Gasteiger partial charge in [-0.15, -0.1) is 0 Å². The molecule has 0 spiro atoms. The molecule has 0 fully saturated rings. The molecule has 3 rings (SSSR count). The number of rotatable bonds is 4. The molecule has 2 aromatic carbocycles. The smallest absolute Gasteiger partial charge is 0.274 e. The molecule has 3 aromatic rings. The Morgan fingerprint density at radius 2 is 1.77 bits per heavy atom. The van der Waals surface area contributed by atoms with Crippen LogP contribution in [0.25, 0.3) is 0 Å². The minimum atomic E-state index is -0.779. The molecule has 0 bridgehead atoms. The van der Waals surface area contributed by atoms with Crippen LogP contribution in [0.1, 0.15) is 21.6 Å². The normalized spacial score (nSPS) is 10.5. The second kappa shape index (κ2) is 7.26. The van der Waals surface area contributed by atoms with Gasteiger partial charge in [0.15, 0.2) is 0 Å². The first-order valence-electron chi connectivity index (χ1n) is 7.87. The van der Waals surface area contributed by atoms with E-state index in [1.807, 2.05) is 32.0 Å². The summed E-state index contributed by atoms with van der Waals surface area (Å²) in [6, 6.07) is 10.6. The summed E-state index contributed by atoms with van der Waals surface area (Å²) in [5.74, 6) is -2.08. The van der Waals surface area contributed by atoms with Gasteiger partial charge >= 0.3 is 0 Å². The molecule has 0 aliphatic rings. The Labute approximate surface area is 149 Å². The molecule has 1 heterocycles. The molecule has 0 aliphatic heterocycles. The Kier molecular flexibility index (Phi) is 4.88. The summed E-state index contributed by atoms with van der Waals surface area (Å²) in [5, 5.41) is 5.24. The zero-order chi connectivity index (χ0) is 18.7. The molecule has 7 heteroatoms. The van der Waals surface area contributed by atoms with Gasteiger partial charge in [0.1, 0.15) is 23.0 Å². The van der Waals surface area contributed by atoms with E-state index in [9.17, 15) is 13.6 Å². The lowest BCUT2D eigenvalue weighted by molar-refractivity contribution is 0.102. The molecular formula is C19H16F2N4O. The van der Waals surface area contributed by atoms with Gasteiger partial charge in [-0.1, -0.05) is 18.2 Å². The summed E-state index contributed by atoms with van der Waals surface area (Å²) in [7, 11) is 0. The molecule has 0 aliphatic carbocycles. The number of nitrogens with one attached hydrogen (secondary N) is 2. The number of aromatic nitrogens is 2. The number of anilines is 3. The van der Waals surface area contributed by atoms with E-state index in [0.717, 1.165) is 23.3 Å². The third-order valence-corrected chi connectivity index (χ3v) is 3.73. The van der Waals surface area contributed by atoms with Crippen molar-refractivity contribution in [2.75, 3.05) is 10.6 Å². The number of hydrogen-bond donors (Lipinski definition) is 2. The van der Waals surface area contributed by atoms with Gasteiger partial charge in [-0.05, 0) is 49.2 Å². The fraction of sp³-hybridized carbons (Fsp3) is 0.105. The number of halogens is 2. The molecule has 0 unspecified atom stereocenters. The Balaban J connectivity index is 1.83. The molecule has 5 nitrogen and oxygen atoms in total. The van der Waals surface area contributed by atoms with Gasteiger partial charge in [0, 0.05) is 11.9 Å². The van der Waals surface area contributed by atoms with Crippen LogP contribution in [0, 0.1) is 25.5 Å². The molecule has 26 heavy (non-hydrogen) atoms. The van der Waals surface area contributed by atoms with Crippen molar-refractivity contribution in [2.45, 2.75) is 13.8 Å². The molecule has 0 radical (unpaired) electrons. The van der Waals surface area contributed by atoms with Crippen molar-refractivity contribution in [3.05, 3.63) is 77.1 Å². The lowest BCUT2D eigenvalue weighted by Gasteiger charge is -2.10. The van der Waals surface area contributed by atoms with Crippen molar-refractivity contribution in [3.63, 3.8) is 0 Å². The van der Waals surface area contributed by atoms with Crippen LogP contribution in [-0.4, -0.2) is 15.9 Å². The first-order chi connectivity index (χ1) is 12.4. The van der Waals surface area contributed by atoms with Crippen molar-refractivity contribution in [1.82, 2.24) is 9.97 Å². The molecule has 0 atom stereocenters. The second-order valence-electron chi connectivity index (χ2n) is 5.76. The second-order valence-corrected chi connectivity index (χ2v) is 5.76.